The van der Waals surface area contributed by atoms with Crippen LogP contribution in [0.5, 0.6) is 0 Å². The molecule has 1 N–H and O–H groups in total. The minimum atomic E-state index is -0.0366. The highest BCUT2D eigenvalue weighted by atomic mass is 16.2. The maximum absolute atomic E-state index is 12.1. The standard InChI is InChI=1S/C14H23N5O2/c1-10-14(11(2)17(4)16-10)15-13(21)9-18-5-7-19(8-6-18)12(3)20/h5-9H2,1-4H3,(H,15,21). The highest BCUT2D eigenvalue weighted by molar-refractivity contribution is 5.93. The summed E-state index contributed by atoms with van der Waals surface area (Å²) >= 11 is 0. The van der Waals surface area contributed by atoms with Crippen LogP contribution in [0.3, 0.4) is 0 Å². The van der Waals surface area contributed by atoms with Crippen molar-refractivity contribution in [3.63, 3.8) is 0 Å². The van der Waals surface area contributed by atoms with Gasteiger partial charge in [-0.05, 0) is 13.8 Å². The Hall–Kier alpha value is -1.89. The van der Waals surface area contributed by atoms with Gasteiger partial charge in [0.15, 0.2) is 0 Å². The first-order chi connectivity index (χ1) is 9.88. The van der Waals surface area contributed by atoms with Crippen LogP contribution in [-0.2, 0) is 16.6 Å². The summed E-state index contributed by atoms with van der Waals surface area (Å²) in [5.74, 6) is 0.0613. The third-order valence-electron chi connectivity index (χ3n) is 3.96. The van der Waals surface area contributed by atoms with E-state index in [1.807, 2.05) is 25.8 Å². The molecule has 1 aromatic rings. The lowest BCUT2D eigenvalue weighted by Gasteiger charge is -2.33. The van der Waals surface area contributed by atoms with Crippen LogP contribution in [0.15, 0.2) is 0 Å². The second kappa shape index (κ2) is 6.26. The van der Waals surface area contributed by atoms with Gasteiger partial charge in [-0.1, -0.05) is 0 Å². The maximum Gasteiger partial charge on any atom is 0.238 e. The molecular formula is C14H23N5O2. The molecule has 7 nitrogen and oxygen atoms in total. The van der Waals surface area contributed by atoms with Crippen LogP contribution in [0.1, 0.15) is 18.3 Å². The van der Waals surface area contributed by atoms with Crippen molar-refractivity contribution in [3.8, 4) is 0 Å². The number of aromatic nitrogens is 2. The fourth-order valence-corrected chi connectivity index (χ4v) is 2.56. The van der Waals surface area contributed by atoms with E-state index in [4.69, 9.17) is 0 Å². The predicted molar refractivity (Wildman–Crippen MR) is 80.0 cm³/mol. The number of hydrogen-bond donors (Lipinski definition) is 1. The molecule has 0 bridgehead atoms. The van der Waals surface area contributed by atoms with Gasteiger partial charge in [0.2, 0.25) is 11.8 Å². The van der Waals surface area contributed by atoms with Crippen LogP contribution in [0, 0.1) is 13.8 Å². The summed E-state index contributed by atoms with van der Waals surface area (Å²) in [5.41, 5.74) is 2.57. The van der Waals surface area contributed by atoms with Gasteiger partial charge in [0.25, 0.3) is 0 Å². The van der Waals surface area contributed by atoms with Crippen molar-refractivity contribution >= 4 is 17.5 Å². The number of anilines is 1. The monoisotopic (exact) mass is 293 g/mol. The van der Waals surface area contributed by atoms with Crippen LogP contribution >= 0.6 is 0 Å². The van der Waals surface area contributed by atoms with Crippen LogP contribution in [0.25, 0.3) is 0 Å². The molecule has 1 fully saturated rings. The topological polar surface area (TPSA) is 70.5 Å². The molecule has 1 saturated heterocycles. The Labute approximate surface area is 124 Å². The van der Waals surface area contributed by atoms with E-state index in [1.54, 1.807) is 11.6 Å². The van der Waals surface area contributed by atoms with Crippen LogP contribution < -0.4 is 5.32 Å². The molecule has 1 aliphatic rings. The van der Waals surface area contributed by atoms with Gasteiger partial charge in [0.1, 0.15) is 0 Å². The Balaban J connectivity index is 1.87. The summed E-state index contributed by atoms with van der Waals surface area (Å²) in [6.07, 6.45) is 0. The van der Waals surface area contributed by atoms with Crippen LogP contribution in [0.2, 0.25) is 0 Å². The van der Waals surface area contributed by atoms with Crippen LogP contribution in [-0.4, -0.2) is 64.1 Å². The Morgan fingerprint density at radius 1 is 1.19 bits per heavy atom. The molecule has 2 amide bonds. The molecule has 1 aliphatic heterocycles. The van der Waals surface area contributed by atoms with Crippen molar-refractivity contribution in [3.05, 3.63) is 11.4 Å². The quantitative estimate of drug-likeness (QED) is 0.860. The zero-order chi connectivity index (χ0) is 15.6. The number of hydrogen-bond acceptors (Lipinski definition) is 4. The molecule has 1 aromatic heterocycles. The first-order valence-corrected chi connectivity index (χ1v) is 7.16. The minimum absolute atomic E-state index is 0.0366. The van der Waals surface area contributed by atoms with Crippen molar-refractivity contribution in [2.45, 2.75) is 20.8 Å². The van der Waals surface area contributed by atoms with Crippen molar-refractivity contribution < 1.29 is 9.59 Å². The normalized spacial score (nSPS) is 16.1. The van der Waals surface area contributed by atoms with Gasteiger partial charge in [0.05, 0.1) is 23.6 Å². The third kappa shape index (κ3) is 3.60. The number of nitrogens with zero attached hydrogens (tertiary/aromatic N) is 4. The predicted octanol–water partition coefficient (Wildman–Crippen LogP) is 0.140. The molecule has 116 valence electrons. The zero-order valence-electron chi connectivity index (χ0n) is 13.1. The lowest BCUT2D eigenvalue weighted by atomic mass is 10.3. The Bertz CT molecular complexity index is 544. The van der Waals surface area contributed by atoms with E-state index in [-0.39, 0.29) is 11.8 Å². The first kappa shape index (κ1) is 15.5. The highest BCUT2D eigenvalue weighted by Gasteiger charge is 2.21. The summed E-state index contributed by atoms with van der Waals surface area (Å²) in [4.78, 5) is 27.3. The molecule has 0 aromatic carbocycles. The summed E-state index contributed by atoms with van der Waals surface area (Å²) in [6, 6.07) is 0. The van der Waals surface area contributed by atoms with E-state index >= 15 is 0 Å². The van der Waals surface area contributed by atoms with Crippen LogP contribution in [0.4, 0.5) is 5.69 Å². The highest BCUT2D eigenvalue weighted by Crippen LogP contribution is 2.18. The van der Waals surface area contributed by atoms with Gasteiger partial charge in [-0.25, -0.2) is 0 Å². The molecule has 0 radical (unpaired) electrons. The largest absolute Gasteiger partial charge is 0.340 e. The van der Waals surface area contributed by atoms with Gasteiger partial charge in [-0.15, -0.1) is 0 Å². The molecule has 2 heterocycles. The molecule has 0 aliphatic carbocycles. The minimum Gasteiger partial charge on any atom is -0.340 e. The van der Waals surface area contributed by atoms with Crippen molar-refractivity contribution in [1.29, 1.82) is 0 Å². The van der Waals surface area contributed by atoms with Crippen molar-refractivity contribution in [1.82, 2.24) is 19.6 Å². The number of piperazine rings is 1. The Kier molecular flexibility index (Phi) is 4.62. The maximum atomic E-state index is 12.1. The average molecular weight is 293 g/mol. The molecular weight excluding hydrogens is 270 g/mol. The van der Waals surface area contributed by atoms with E-state index in [2.05, 4.69) is 15.3 Å². The average Bonchev–Trinajstić information content (AvgIpc) is 2.66. The molecule has 0 saturated carbocycles. The second-order valence-corrected chi connectivity index (χ2v) is 5.50. The molecule has 0 unspecified atom stereocenters. The number of aryl methyl sites for hydroxylation is 2. The van der Waals surface area contributed by atoms with E-state index in [1.165, 1.54) is 0 Å². The van der Waals surface area contributed by atoms with E-state index in [0.717, 1.165) is 30.2 Å². The Morgan fingerprint density at radius 3 is 2.29 bits per heavy atom. The lowest BCUT2D eigenvalue weighted by Crippen LogP contribution is -2.49. The first-order valence-electron chi connectivity index (χ1n) is 7.16. The smallest absolute Gasteiger partial charge is 0.238 e. The van der Waals surface area contributed by atoms with Gasteiger partial charge in [-0.3, -0.25) is 19.2 Å². The number of amides is 2. The third-order valence-corrected chi connectivity index (χ3v) is 3.96. The summed E-state index contributed by atoms with van der Waals surface area (Å²) in [7, 11) is 1.86. The number of nitrogens with one attached hydrogen (secondary N) is 1. The van der Waals surface area contributed by atoms with Gasteiger partial charge >= 0.3 is 0 Å². The number of carbonyl (C=O) groups is 2. The summed E-state index contributed by atoms with van der Waals surface area (Å²) in [6.45, 7) is 8.59. The summed E-state index contributed by atoms with van der Waals surface area (Å²) in [5, 5.41) is 7.22. The SMILES string of the molecule is CC(=O)N1CCN(CC(=O)Nc2c(C)nn(C)c2C)CC1. The van der Waals surface area contributed by atoms with Gasteiger partial charge < -0.3 is 10.2 Å². The number of carbonyl (C=O) groups excluding carboxylic acids is 2. The van der Waals surface area contributed by atoms with E-state index in [0.29, 0.717) is 19.6 Å². The lowest BCUT2D eigenvalue weighted by molar-refractivity contribution is -0.130. The molecule has 7 heteroatoms. The second-order valence-electron chi connectivity index (χ2n) is 5.50. The fraction of sp³-hybridized carbons (Fsp3) is 0.643. The Morgan fingerprint density at radius 2 is 1.81 bits per heavy atom. The number of rotatable bonds is 3. The molecule has 21 heavy (non-hydrogen) atoms. The molecule has 0 atom stereocenters. The van der Waals surface area contributed by atoms with Gasteiger partial charge in [0, 0.05) is 40.2 Å². The van der Waals surface area contributed by atoms with Crippen molar-refractivity contribution in [2.24, 2.45) is 7.05 Å². The fourth-order valence-electron chi connectivity index (χ4n) is 2.56. The van der Waals surface area contributed by atoms with Crippen molar-refractivity contribution in [2.75, 3.05) is 38.0 Å². The van der Waals surface area contributed by atoms with E-state index in [9.17, 15) is 9.59 Å². The van der Waals surface area contributed by atoms with Gasteiger partial charge in [-0.2, -0.15) is 5.10 Å². The molecule has 2 rings (SSSR count). The molecule has 0 spiro atoms. The van der Waals surface area contributed by atoms with E-state index < -0.39 is 0 Å². The zero-order valence-corrected chi connectivity index (χ0v) is 13.1. The summed E-state index contributed by atoms with van der Waals surface area (Å²) < 4.78 is 1.76.